The number of nitrogens with zero attached hydrogens (tertiary/aromatic N) is 2. The molecule has 0 atom stereocenters. The summed E-state index contributed by atoms with van der Waals surface area (Å²) in [6.07, 6.45) is 0. The maximum atomic E-state index is 11.3. The molecule has 2 aromatic rings. The first-order valence-corrected chi connectivity index (χ1v) is 8.19. The van der Waals surface area contributed by atoms with Crippen LogP contribution in [0.15, 0.2) is 28.7 Å². The number of carboxylic acids is 1. The third-order valence-corrected chi connectivity index (χ3v) is 4.69. The second-order valence-corrected chi connectivity index (χ2v) is 7.05. The van der Waals surface area contributed by atoms with E-state index in [0.717, 1.165) is 15.2 Å². The second-order valence-electron chi connectivity index (χ2n) is 5.16. The van der Waals surface area contributed by atoms with E-state index in [1.165, 1.54) is 11.3 Å². The van der Waals surface area contributed by atoms with E-state index in [1.54, 1.807) is 0 Å². The van der Waals surface area contributed by atoms with Gasteiger partial charge in [0.05, 0.1) is 5.69 Å². The average Bonchev–Trinajstić information content (AvgIpc) is 2.84. The fourth-order valence-corrected chi connectivity index (χ4v) is 3.47. The van der Waals surface area contributed by atoms with E-state index in [4.69, 9.17) is 0 Å². The molecule has 1 N–H and O–H groups in total. The molecule has 0 unspecified atom stereocenters. The minimum Gasteiger partial charge on any atom is -0.477 e. The Bertz CT molecular complexity index is 655. The summed E-state index contributed by atoms with van der Waals surface area (Å²) in [5.74, 6) is -0.807. The normalized spacial score (nSPS) is 10.9. The Morgan fingerprint density at radius 1 is 1.48 bits per heavy atom. The van der Waals surface area contributed by atoms with Crippen LogP contribution in [-0.2, 0) is 6.54 Å². The molecule has 0 bridgehead atoms. The lowest BCUT2D eigenvalue weighted by Crippen LogP contribution is -2.16. The van der Waals surface area contributed by atoms with Crippen molar-refractivity contribution in [1.29, 1.82) is 0 Å². The van der Waals surface area contributed by atoms with Gasteiger partial charge in [0.25, 0.3) is 0 Å². The molecule has 1 heterocycles. The van der Waals surface area contributed by atoms with E-state index in [2.05, 4.69) is 20.9 Å². The molecule has 0 spiro atoms. The molecular formula is C15H17BrN2O2S. The van der Waals surface area contributed by atoms with E-state index in [-0.39, 0.29) is 5.92 Å². The molecule has 0 saturated carbocycles. The molecule has 112 valence electrons. The van der Waals surface area contributed by atoms with Gasteiger partial charge in [0.15, 0.2) is 5.13 Å². The predicted molar refractivity (Wildman–Crippen MR) is 89.4 cm³/mol. The van der Waals surface area contributed by atoms with Crippen molar-refractivity contribution in [1.82, 2.24) is 4.98 Å². The van der Waals surface area contributed by atoms with Crippen LogP contribution in [0.4, 0.5) is 5.13 Å². The van der Waals surface area contributed by atoms with Crippen LogP contribution in [0.2, 0.25) is 0 Å². The number of carboxylic acid groups (broad SMARTS) is 1. The van der Waals surface area contributed by atoms with Crippen molar-refractivity contribution >= 4 is 38.4 Å². The first-order valence-electron chi connectivity index (χ1n) is 6.58. The van der Waals surface area contributed by atoms with E-state index < -0.39 is 5.97 Å². The molecule has 6 heteroatoms. The largest absolute Gasteiger partial charge is 0.477 e. The topological polar surface area (TPSA) is 53.4 Å². The molecule has 0 radical (unpaired) electrons. The molecule has 1 aromatic heterocycles. The van der Waals surface area contributed by atoms with Gasteiger partial charge in [0.2, 0.25) is 0 Å². The molecule has 21 heavy (non-hydrogen) atoms. The highest BCUT2D eigenvalue weighted by atomic mass is 79.9. The van der Waals surface area contributed by atoms with Crippen LogP contribution < -0.4 is 4.90 Å². The van der Waals surface area contributed by atoms with Crippen LogP contribution in [0.1, 0.15) is 40.7 Å². The molecule has 0 aliphatic heterocycles. The van der Waals surface area contributed by atoms with Crippen LogP contribution in [0.5, 0.6) is 0 Å². The molecule has 0 saturated heterocycles. The average molecular weight is 369 g/mol. The van der Waals surface area contributed by atoms with Gasteiger partial charge < -0.3 is 10.0 Å². The standard InChI is InChI=1S/C15H17BrN2O2S/c1-9(2)12-13(14(19)20)21-15(17-12)18(3)8-10-5-4-6-11(16)7-10/h4-7,9H,8H2,1-3H3,(H,19,20). The molecule has 0 aliphatic rings. The van der Waals surface area contributed by atoms with Gasteiger partial charge in [-0.1, -0.05) is 53.2 Å². The first kappa shape index (κ1) is 16.0. The van der Waals surface area contributed by atoms with Gasteiger partial charge in [0.1, 0.15) is 4.88 Å². The third kappa shape index (κ3) is 3.83. The van der Waals surface area contributed by atoms with Gasteiger partial charge >= 0.3 is 5.97 Å². The second kappa shape index (κ2) is 6.58. The Labute approximate surface area is 136 Å². The monoisotopic (exact) mass is 368 g/mol. The summed E-state index contributed by atoms with van der Waals surface area (Å²) in [6, 6.07) is 8.05. The van der Waals surface area contributed by atoms with Crippen molar-refractivity contribution in [3.05, 3.63) is 44.9 Å². The van der Waals surface area contributed by atoms with E-state index in [1.807, 2.05) is 50.1 Å². The van der Waals surface area contributed by atoms with Crippen molar-refractivity contribution in [2.24, 2.45) is 0 Å². The van der Waals surface area contributed by atoms with Crippen LogP contribution in [0.3, 0.4) is 0 Å². The van der Waals surface area contributed by atoms with Gasteiger partial charge in [-0.2, -0.15) is 0 Å². The highest BCUT2D eigenvalue weighted by Gasteiger charge is 2.21. The Morgan fingerprint density at radius 3 is 2.71 bits per heavy atom. The minimum atomic E-state index is -0.904. The van der Waals surface area contributed by atoms with Crippen LogP contribution in [0.25, 0.3) is 0 Å². The van der Waals surface area contributed by atoms with Crippen LogP contribution in [-0.4, -0.2) is 23.1 Å². The maximum absolute atomic E-state index is 11.3. The fourth-order valence-electron chi connectivity index (χ4n) is 2.00. The molecule has 1 aromatic carbocycles. The number of hydrogen-bond acceptors (Lipinski definition) is 4. The number of thiazole rings is 1. The summed E-state index contributed by atoms with van der Waals surface area (Å²) >= 11 is 4.68. The summed E-state index contributed by atoms with van der Waals surface area (Å²) in [5, 5.41) is 10.0. The molecule has 0 aliphatic carbocycles. The minimum absolute atomic E-state index is 0.0976. The zero-order chi connectivity index (χ0) is 15.6. The van der Waals surface area contributed by atoms with Crippen LogP contribution in [0, 0.1) is 0 Å². The highest BCUT2D eigenvalue weighted by Crippen LogP contribution is 2.31. The maximum Gasteiger partial charge on any atom is 0.347 e. The molecule has 0 fully saturated rings. The number of hydrogen-bond donors (Lipinski definition) is 1. The zero-order valence-corrected chi connectivity index (χ0v) is 14.5. The summed E-state index contributed by atoms with van der Waals surface area (Å²) in [7, 11) is 1.93. The summed E-state index contributed by atoms with van der Waals surface area (Å²) in [6.45, 7) is 4.60. The predicted octanol–water partition coefficient (Wildman–Crippen LogP) is 4.36. The number of aromatic nitrogens is 1. The molecule has 2 rings (SSSR count). The van der Waals surface area contributed by atoms with Gasteiger partial charge in [-0.05, 0) is 23.6 Å². The van der Waals surface area contributed by atoms with Crippen molar-refractivity contribution < 1.29 is 9.90 Å². The van der Waals surface area contributed by atoms with Crippen molar-refractivity contribution in [2.45, 2.75) is 26.3 Å². The van der Waals surface area contributed by atoms with Gasteiger partial charge in [0, 0.05) is 18.1 Å². The van der Waals surface area contributed by atoms with Gasteiger partial charge in [-0.15, -0.1) is 0 Å². The number of halogens is 1. The first-order chi connectivity index (χ1) is 9.88. The van der Waals surface area contributed by atoms with E-state index >= 15 is 0 Å². The molecule has 0 amide bonds. The van der Waals surface area contributed by atoms with Crippen molar-refractivity contribution in [2.75, 3.05) is 11.9 Å². The van der Waals surface area contributed by atoms with E-state index in [9.17, 15) is 9.90 Å². The van der Waals surface area contributed by atoms with E-state index in [0.29, 0.717) is 17.1 Å². The quantitative estimate of drug-likeness (QED) is 0.851. The van der Waals surface area contributed by atoms with Gasteiger partial charge in [-0.3, -0.25) is 0 Å². The number of carbonyl (C=O) groups is 1. The summed E-state index contributed by atoms with van der Waals surface area (Å²) in [5.41, 5.74) is 1.80. The van der Waals surface area contributed by atoms with Crippen LogP contribution >= 0.6 is 27.3 Å². The van der Waals surface area contributed by atoms with Crippen molar-refractivity contribution in [3.63, 3.8) is 0 Å². The smallest absolute Gasteiger partial charge is 0.347 e. The lowest BCUT2D eigenvalue weighted by molar-refractivity contribution is 0.0700. The number of rotatable bonds is 5. The summed E-state index contributed by atoms with van der Waals surface area (Å²) < 4.78 is 1.03. The third-order valence-electron chi connectivity index (χ3n) is 3.02. The Kier molecular flexibility index (Phi) is 5.00. The Morgan fingerprint density at radius 2 is 2.19 bits per heavy atom. The Balaban J connectivity index is 2.25. The summed E-state index contributed by atoms with van der Waals surface area (Å²) in [4.78, 5) is 18.1. The molecular weight excluding hydrogens is 352 g/mol. The lowest BCUT2D eigenvalue weighted by atomic mass is 10.1. The van der Waals surface area contributed by atoms with Crippen molar-refractivity contribution in [3.8, 4) is 0 Å². The number of benzene rings is 1. The zero-order valence-electron chi connectivity index (χ0n) is 12.1. The highest BCUT2D eigenvalue weighted by molar-refractivity contribution is 9.10. The fraction of sp³-hybridized carbons (Fsp3) is 0.333. The Hall–Kier alpha value is -1.40. The SMILES string of the molecule is CC(C)c1nc(N(C)Cc2cccc(Br)c2)sc1C(=O)O. The number of aromatic carboxylic acids is 1. The lowest BCUT2D eigenvalue weighted by Gasteiger charge is -2.15. The molecule has 4 nitrogen and oxygen atoms in total. The number of anilines is 1. The van der Waals surface area contributed by atoms with Gasteiger partial charge in [-0.25, -0.2) is 9.78 Å².